The maximum Gasteiger partial charge on any atom is 0.522 e. The van der Waals surface area contributed by atoms with Crippen molar-refractivity contribution in [2.45, 2.75) is 64.4 Å². The van der Waals surface area contributed by atoms with E-state index in [1.807, 2.05) is 0 Å². The van der Waals surface area contributed by atoms with Crippen LogP contribution in [0.25, 0.3) is 0 Å². The number of hydrogen-bond acceptors (Lipinski definition) is 3. The molecule has 0 atom stereocenters. The van der Waals surface area contributed by atoms with Crippen molar-refractivity contribution in [2.24, 2.45) is 0 Å². The van der Waals surface area contributed by atoms with Crippen LogP contribution in [0.1, 0.15) is 0 Å². The van der Waals surface area contributed by atoms with Gasteiger partial charge >= 0.3 is 15.6 Å². The predicted molar refractivity (Wildman–Crippen MR) is 109 cm³/mol. The molecular formula is C10H27BrF3IO3SSi3. The molecule has 0 fully saturated rings. The molecule has 0 radical (unpaired) electrons. The Morgan fingerprint density at radius 3 is 1.14 bits per heavy atom. The molecule has 0 aliphatic rings. The van der Waals surface area contributed by atoms with E-state index in [-0.39, 0.29) is 0 Å². The van der Waals surface area contributed by atoms with Gasteiger partial charge in [-0.25, -0.2) is 0 Å². The second-order valence-electron chi connectivity index (χ2n) is 7.23. The monoisotopic (exact) mass is 574 g/mol. The van der Waals surface area contributed by atoms with Gasteiger partial charge in [-0.15, -0.1) is 37.1 Å². The highest BCUT2D eigenvalue weighted by molar-refractivity contribution is 14.1. The molecule has 0 bridgehead atoms. The van der Waals surface area contributed by atoms with Crippen LogP contribution in [0, 0.1) is 0 Å². The Morgan fingerprint density at radius 2 is 1.09 bits per heavy atom. The highest BCUT2D eigenvalue weighted by Gasteiger charge is 2.49. The normalized spacial score (nSPS) is 13.5. The molecule has 0 aliphatic heterocycles. The van der Waals surface area contributed by atoms with Crippen molar-refractivity contribution in [3.05, 3.63) is 0 Å². The Kier molecular flexibility index (Phi) is 12.8. The number of hydrogen-bond donors (Lipinski definition) is 0. The van der Waals surface area contributed by atoms with E-state index in [1.54, 1.807) is 0 Å². The van der Waals surface area contributed by atoms with Crippen LogP contribution in [-0.2, 0) is 14.0 Å². The van der Waals surface area contributed by atoms with Crippen molar-refractivity contribution < 1.29 is 25.5 Å². The van der Waals surface area contributed by atoms with E-state index in [1.165, 1.54) is 19.6 Å². The minimum Gasteiger partial charge on any atom is -0.309 e. The van der Waals surface area contributed by atoms with E-state index in [4.69, 9.17) is 0 Å². The van der Waals surface area contributed by atoms with Gasteiger partial charge in [0, 0.05) is 0 Å². The van der Waals surface area contributed by atoms with Crippen molar-refractivity contribution in [1.82, 2.24) is 0 Å². The third kappa shape index (κ3) is 33.2. The van der Waals surface area contributed by atoms with Gasteiger partial charge in [-0.3, -0.25) is 0 Å². The van der Waals surface area contributed by atoms with E-state index in [0.717, 1.165) is 0 Å². The van der Waals surface area contributed by atoms with E-state index in [2.05, 4.69) is 80.2 Å². The van der Waals surface area contributed by atoms with Gasteiger partial charge in [0.1, 0.15) is 12.3 Å². The summed E-state index contributed by atoms with van der Waals surface area (Å²) in [7, 11) is -8.10. The van der Waals surface area contributed by atoms with Gasteiger partial charge in [-0.05, 0) is 19.6 Å². The Bertz CT molecular complexity index is 388. The van der Waals surface area contributed by atoms with Crippen molar-refractivity contribution in [3.63, 3.8) is 0 Å². The van der Waals surface area contributed by atoms with Crippen molar-refractivity contribution >= 4 is 67.8 Å². The molecule has 0 unspecified atom stereocenters. The second-order valence-corrected chi connectivity index (χ2v) is 38.6. The van der Waals surface area contributed by atoms with Crippen LogP contribution >= 0.6 is 37.1 Å². The summed E-state index contributed by atoms with van der Waals surface area (Å²) >= 11 is 6.03. The lowest BCUT2D eigenvalue weighted by Crippen LogP contribution is -2.36. The third-order valence-corrected chi connectivity index (χ3v) is 4.09. The first kappa shape index (κ1) is 28.4. The second kappa shape index (κ2) is 9.89. The molecule has 0 aromatic rings. The highest BCUT2D eigenvalue weighted by atomic mass is 127. The first-order chi connectivity index (χ1) is 8.96. The average molecular weight is 575 g/mol. The van der Waals surface area contributed by atoms with Gasteiger partial charge in [0.05, 0.1) is 0 Å². The van der Waals surface area contributed by atoms with Gasteiger partial charge in [0.2, 0.25) is 8.32 Å². The zero-order valence-electron chi connectivity index (χ0n) is 14.5. The van der Waals surface area contributed by atoms with Crippen LogP contribution in [0.15, 0.2) is 0 Å². The maximum atomic E-state index is 11.7. The first-order valence-corrected chi connectivity index (χ1v) is 23.5. The topological polar surface area (TPSA) is 43.4 Å². The first-order valence-electron chi connectivity index (χ1n) is 6.35. The Hall–Kier alpha value is 1.56. The predicted octanol–water partition coefficient (Wildman–Crippen LogP) is 6.16. The van der Waals surface area contributed by atoms with Crippen LogP contribution < -0.4 is 0 Å². The molecule has 22 heavy (non-hydrogen) atoms. The van der Waals surface area contributed by atoms with Crippen molar-refractivity contribution in [3.8, 4) is 0 Å². The summed E-state index contributed by atoms with van der Waals surface area (Å²) in [5.41, 5.74) is -5.95. The summed E-state index contributed by atoms with van der Waals surface area (Å²) < 4.78 is 59.7. The van der Waals surface area contributed by atoms with Crippen LogP contribution in [0.3, 0.4) is 0 Å². The van der Waals surface area contributed by atoms with Gasteiger partial charge in [-0.1, -0.05) is 39.3 Å². The molecule has 0 amide bonds. The number of alkyl halides is 3. The lowest BCUT2D eigenvalue weighted by atomic mass is 11.6. The molecule has 0 aromatic heterocycles. The van der Waals surface area contributed by atoms with E-state index in [9.17, 15) is 21.6 Å². The molecule has 0 saturated heterocycles. The average Bonchev–Trinajstić information content (AvgIpc) is 1.86. The minimum atomic E-state index is -5.39. The molecule has 0 saturated carbocycles. The summed E-state index contributed by atoms with van der Waals surface area (Å²) in [6.07, 6.45) is 0. The van der Waals surface area contributed by atoms with Crippen LogP contribution in [0.4, 0.5) is 13.2 Å². The third-order valence-electron chi connectivity index (χ3n) is 0.643. The zero-order chi connectivity index (χ0) is 19.2. The summed E-state index contributed by atoms with van der Waals surface area (Å²) in [5, 5.41) is 0. The molecule has 0 N–H and O–H groups in total. The van der Waals surface area contributed by atoms with Gasteiger partial charge in [0.25, 0.3) is 0 Å². The molecule has 12 heteroatoms. The number of rotatable bonds is 2. The molecule has 0 spiro atoms. The highest BCUT2D eigenvalue weighted by Crippen LogP contribution is 2.27. The number of halogens is 5. The van der Waals surface area contributed by atoms with Gasteiger partial charge in [0.15, 0.2) is 0 Å². The van der Waals surface area contributed by atoms with Gasteiger partial charge in [-0.2, -0.15) is 21.6 Å². The fourth-order valence-corrected chi connectivity index (χ4v) is 3.39. The molecule has 0 rings (SSSR count). The maximum absolute atomic E-state index is 11.7. The van der Waals surface area contributed by atoms with Gasteiger partial charge < -0.3 is 3.87 Å². The molecular weight excluding hydrogens is 548 g/mol. The van der Waals surface area contributed by atoms with Crippen LogP contribution in [0.5, 0.6) is 0 Å². The molecule has 138 valence electrons. The molecule has 0 aromatic carbocycles. The Labute approximate surface area is 156 Å². The lowest BCUT2D eigenvalue weighted by Gasteiger charge is -2.17. The van der Waals surface area contributed by atoms with E-state index >= 15 is 0 Å². The smallest absolute Gasteiger partial charge is 0.309 e. The standard InChI is InChI=1S/C4H9F3O3SSi.C3H9BrSi.C3H9ISi/c1-12(2,3)10-11(8,9)4(5,6)7;2*1-5(2,3)4/h1-3H3;2*1-3H3. The van der Waals surface area contributed by atoms with E-state index in [0.29, 0.717) is 0 Å². The molecule has 3 nitrogen and oxygen atoms in total. The summed E-state index contributed by atoms with van der Waals surface area (Å²) in [6.45, 7) is 16.9. The fraction of sp³-hybridized carbons (Fsp3) is 1.00. The Morgan fingerprint density at radius 1 is 0.909 bits per heavy atom. The fourth-order valence-electron chi connectivity index (χ4n) is 0.376. The van der Waals surface area contributed by atoms with Crippen LogP contribution in [0.2, 0.25) is 58.9 Å². The van der Waals surface area contributed by atoms with Crippen LogP contribution in [-0.4, -0.2) is 34.5 Å². The summed E-state index contributed by atoms with van der Waals surface area (Å²) in [6, 6.07) is 0. The molecule has 0 heterocycles. The zero-order valence-corrected chi connectivity index (χ0v) is 22.1. The lowest BCUT2D eigenvalue weighted by molar-refractivity contribution is -0.0503. The SMILES string of the molecule is C[Si](C)(C)Br.C[Si](C)(C)I.C[Si](C)(C)OS(=O)(=O)C(F)(F)F. The minimum absolute atomic E-state index is 0.641. The molecule has 0 aliphatic carbocycles. The van der Waals surface area contributed by atoms with Crippen molar-refractivity contribution in [1.29, 1.82) is 0 Å². The quantitative estimate of drug-likeness (QED) is 0.172. The Balaban J connectivity index is -0.000000298. The van der Waals surface area contributed by atoms with E-state index < -0.39 is 36.2 Å². The summed E-state index contributed by atoms with van der Waals surface area (Å²) in [5.74, 6) is 0. The van der Waals surface area contributed by atoms with Crippen molar-refractivity contribution in [2.75, 3.05) is 0 Å². The largest absolute Gasteiger partial charge is 0.522 e. The summed E-state index contributed by atoms with van der Waals surface area (Å²) in [4.78, 5) is 0.